The predicted molar refractivity (Wildman–Crippen MR) is 112 cm³/mol. The van der Waals surface area contributed by atoms with Gasteiger partial charge in [-0.15, -0.1) is 0 Å². The second-order valence-corrected chi connectivity index (χ2v) is 7.47. The van der Waals surface area contributed by atoms with E-state index in [1.807, 2.05) is 30.3 Å². The van der Waals surface area contributed by atoms with Gasteiger partial charge in [-0.25, -0.2) is 4.79 Å². The molecule has 28 heavy (non-hydrogen) atoms. The summed E-state index contributed by atoms with van der Waals surface area (Å²) < 4.78 is 11.1. The molecule has 1 heterocycles. The molecule has 2 aromatic rings. The number of hydrogen-bond donors (Lipinski definition) is 1. The molecular weight excluding hydrogens is 424 g/mol. The highest BCUT2D eigenvalue weighted by Crippen LogP contribution is 2.22. The molecule has 3 rings (SSSR count). The number of benzene rings is 2. The molecule has 0 spiro atoms. The molecule has 0 atom stereocenters. The first-order valence-corrected chi connectivity index (χ1v) is 10.1. The van der Waals surface area contributed by atoms with E-state index >= 15 is 0 Å². The van der Waals surface area contributed by atoms with Crippen LogP contribution in [0.3, 0.4) is 0 Å². The third-order valence-corrected chi connectivity index (χ3v) is 4.88. The summed E-state index contributed by atoms with van der Waals surface area (Å²) in [6.07, 6.45) is 3.72. The number of nitrogens with one attached hydrogen (secondary N) is 1. The molecule has 1 aliphatic rings. The van der Waals surface area contributed by atoms with Gasteiger partial charge in [0.05, 0.1) is 0 Å². The Morgan fingerprint density at radius 3 is 2.46 bits per heavy atom. The Bertz CT molecular complexity index is 804. The van der Waals surface area contributed by atoms with Gasteiger partial charge in [-0.2, -0.15) is 0 Å². The third-order valence-electron chi connectivity index (χ3n) is 4.39. The number of esters is 1. The van der Waals surface area contributed by atoms with Crippen LogP contribution in [0.25, 0.3) is 0 Å². The van der Waals surface area contributed by atoms with E-state index in [0.717, 1.165) is 23.2 Å². The zero-order valence-corrected chi connectivity index (χ0v) is 17.1. The maximum absolute atomic E-state index is 12.0. The van der Waals surface area contributed by atoms with Crippen molar-refractivity contribution >= 4 is 39.2 Å². The molecule has 1 N–H and O–H groups in total. The van der Waals surface area contributed by atoms with Crippen molar-refractivity contribution in [2.45, 2.75) is 19.3 Å². The van der Waals surface area contributed by atoms with Crippen LogP contribution in [-0.2, 0) is 14.3 Å². The molecule has 1 fully saturated rings. The largest absolute Gasteiger partial charge is 0.482 e. The fraction of sp³-hybridized carbons (Fsp3) is 0.333. The molecule has 148 valence electrons. The van der Waals surface area contributed by atoms with Crippen LogP contribution in [0.15, 0.2) is 53.0 Å². The number of ether oxygens (including phenoxy) is 2. The van der Waals surface area contributed by atoms with Gasteiger partial charge in [0.15, 0.2) is 13.2 Å². The van der Waals surface area contributed by atoms with Crippen LogP contribution in [0.5, 0.6) is 5.75 Å². The molecule has 0 aliphatic carbocycles. The lowest BCUT2D eigenvalue weighted by molar-refractivity contribution is -0.149. The Labute approximate surface area is 172 Å². The number of halogens is 1. The van der Waals surface area contributed by atoms with Gasteiger partial charge in [0.25, 0.3) is 5.91 Å². The van der Waals surface area contributed by atoms with Gasteiger partial charge in [-0.1, -0.05) is 22.0 Å². The summed E-state index contributed by atoms with van der Waals surface area (Å²) in [5.41, 5.74) is 1.83. The molecule has 0 radical (unpaired) electrons. The quantitative estimate of drug-likeness (QED) is 0.650. The van der Waals surface area contributed by atoms with Crippen molar-refractivity contribution in [2.24, 2.45) is 0 Å². The van der Waals surface area contributed by atoms with Crippen LogP contribution in [-0.4, -0.2) is 38.2 Å². The van der Waals surface area contributed by atoms with Crippen LogP contribution in [0.2, 0.25) is 0 Å². The molecule has 6 nitrogen and oxygen atoms in total. The zero-order valence-electron chi connectivity index (χ0n) is 15.5. The van der Waals surface area contributed by atoms with Gasteiger partial charge in [0.1, 0.15) is 5.75 Å². The lowest BCUT2D eigenvalue weighted by atomic mass is 10.1. The van der Waals surface area contributed by atoms with E-state index in [4.69, 9.17) is 9.47 Å². The second kappa shape index (κ2) is 10.1. The summed E-state index contributed by atoms with van der Waals surface area (Å²) in [7, 11) is 0. The van der Waals surface area contributed by atoms with E-state index in [2.05, 4.69) is 26.1 Å². The molecule has 1 aliphatic heterocycles. The second-order valence-electron chi connectivity index (χ2n) is 6.55. The molecule has 1 saturated heterocycles. The highest BCUT2D eigenvalue weighted by Gasteiger charge is 2.12. The maximum atomic E-state index is 12.0. The summed E-state index contributed by atoms with van der Waals surface area (Å²) in [6.45, 7) is 1.54. The van der Waals surface area contributed by atoms with Gasteiger partial charge < -0.3 is 19.7 Å². The molecule has 0 unspecified atom stereocenters. The first-order chi connectivity index (χ1) is 13.6. The number of rotatable bonds is 7. The number of anilines is 2. The van der Waals surface area contributed by atoms with Gasteiger partial charge in [0, 0.05) is 28.9 Å². The van der Waals surface area contributed by atoms with E-state index in [1.165, 1.54) is 19.3 Å². The number of carbonyl (C=O) groups excluding carboxylic acids is 2. The first-order valence-electron chi connectivity index (χ1n) is 9.29. The Morgan fingerprint density at radius 1 is 1.00 bits per heavy atom. The van der Waals surface area contributed by atoms with E-state index in [9.17, 15) is 9.59 Å². The number of amides is 1. The van der Waals surface area contributed by atoms with Gasteiger partial charge >= 0.3 is 5.97 Å². The SMILES string of the molecule is O=C(COC(=O)COc1cccc(Br)c1)Nc1ccc(N2CCCCC2)cc1. The number of carbonyl (C=O) groups is 2. The number of hydrogen-bond acceptors (Lipinski definition) is 5. The zero-order chi connectivity index (χ0) is 19.8. The van der Waals surface area contributed by atoms with Crippen LogP contribution in [0, 0.1) is 0 Å². The van der Waals surface area contributed by atoms with Crippen LogP contribution in [0.1, 0.15) is 19.3 Å². The summed E-state index contributed by atoms with van der Waals surface area (Å²) in [5.74, 6) is -0.443. The predicted octanol–water partition coefficient (Wildman–Crippen LogP) is 4.00. The Hall–Kier alpha value is -2.54. The summed E-state index contributed by atoms with van der Waals surface area (Å²) in [4.78, 5) is 26.1. The Kier molecular flexibility index (Phi) is 7.31. The first kappa shape index (κ1) is 20.2. The van der Waals surface area contributed by atoms with Crippen molar-refractivity contribution in [1.29, 1.82) is 0 Å². The lowest BCUT2D eigenvalue weighted by Crippen LogP contribution is -2.29. The Morgan fingerprint density at radius 2 is 1.75 bits per heavy atom. The van der Waals surface area contributed by atoms with Crippen molar-refractivity contribution in [1.82, 2.24) is 0 Å². The van der Waals surface area contributed by atoms with Crippen LogP contribution < -0.4 is 15.0 Å². The van der Waals surface area contributed by atoms with Crippen molar-refractivity contribution in [2.75, 3.05) is 36.5 Å². The third kappa shape index (κ3) is 6.27. The average Bonchev–Trinajstić information content (AvgIpc) is 2.72. The molecule has 2 aromatic carbocycles. The van der Waals surface area contributed by atoms with Crippen molar-refractivity contribution in [3.63, 3.8) is 0 Å². The molecule has 7 heteroatoms. The molecule has 0 aromatic heterocycles. The molecular formula is C21H23BrN2O4. The number of piperidine rings is 1. The van der Waals surface area contributed by atoms with E-state index in [0.29, 0.717) is 11.4 Å². The fourth-order valence-corrected chi connectivity index (χ4v) is 3.37. The molecule has 0 bridgehead atoms. The van der Waals surface area contributed by atoms with Crippen LogP contribution in [0.4, 0.5) is 11.4 Å². The van der Waals surface area contributed by atoms with Crippen molar-refractivity contribution < 1.29 is 19.1 Å². The minimum atomic E-state index is -0.601. The van der Waals surface area contributed by atoms with Crippen molar-refractivity contribution in [3.05, 3.63) is 53.0 Å². The fourth-order valence-electron chi connectivity index (χ4n) is 2.99. The normalized spacial score (nSPS) is 13.7. The van der Waals surface area contributed by atoms with E-state index in [1.54, 1.807) is 18.2 Å². The smallest absolute Gasteiger partial charge is 0.344 e. The van der Waals surface area contributed by atoms with Gasteiger partial charge in [-0.3, -0.25) is 4.79 Å². The topological polar surface area (TPSA) is 67.9 Å². The highest BCUT2D eigenvalue weighted by molar-refractivity contribution is 9.10. The average molecular weight is 447 g/mol. The maximum Gasteiger partial charge on any atom is 0.344 e. The summed E-state index contributed by atoms with van der Waals surface area (Å²) in [5, 5.41) is 2.73. The van der Waals surface area contributed by atoms with Gasteiger partial charge in [-0.05, 0) is 61.7 Å². The summed E-state index contributed by atoms with van der Waals surface area (Å²) in [6, 6.07) is 14.9. The monoisotopic (exact) mass is 446 g/mol. The summed E-state index contributed by atoms with van der Waals surface area (Å²) >= 11 is 3.33. The minimum Gasteiger partial charge on any atom is -0.482 e. The lowest BCUT2D eigenvalue weighted by Gasteiger charge is -2.28. The standard InChI is InChI=1S/C21H23BrN2O4/c22-16-5-4-6-19(13-16)27-15-21(26)28-14-20(25)23-17-7-9-18(10-8-17)24-11-2-1-3-12-24/h4-10,13H,1-3,11-12,14-15H2,(H,23,25). The number of nitrogens with zero attached hydrogens (tertiary/aromatic N) is 1. The molecule has 0 saturated carbocycles. The Balaban J connectivity index is 1.39. The van der Waals surface area contributed by atoms with Gasteiger partial charge in [0.2, 0.25) is 0 Å². The molecule has 1 amide bonds. The van der Waals surface area contributed by atoms with Crippen molar-refractivity contribution in [3.8, 4) is 5.75 Å². The van der Waals surface area contributed by atoms with E-state index < -0.39 is 5.97 Å². The van der Waals surface area contributed by atoms with Crippen LogP contribution >= 0.6 is 15.9 Å². The van der Waals surface area contributed by atoms with E-state index in [-0.39, 0.29) is 19.1 Å². The minimum absolute atomic E-state index is 0.256. The highest BCUT2D eigenvalue weighted by atomic mass is 79.9.